The smallest absolute Gasteiger partial charge is 0.406 e. The molecule has 0 spiro atoms. The standard InChI is InChI=1S/C17H24F3N3O2/c1-16(9-3-11-24-16)12-23-15(21-2)22-10-8-13-4-6-14(7-5-13)25-17(18,19)20/h4-7H,3,8-12H2,1-2H3,(H2,21,22,23). The Bertz CT molecular complexity index is 567. The molecule has 5 nitrogen and oxygen atoms in total. The van der Waals surface area contributed by atoms with Gasteiger partial charge in [0.1, 0.15) is 5.75 Å². The summed E-state index contributed by atoms with van der Waals surface area (Å²) in [6, 6.07) is 5.86. The highest BCUT2D eigenvalue weighted by molar-refractivity contribution is 5.79. The molecule has 25 heavy (non-hydrogen) atoms. The van der Waals surface area contributed by atoms with Gasteiger partial charge in [0.15, 0.2) is 5.96 Å². The molecule has 1 aliphatic heterocycles. The maximum absolute atomic E-state index is 12.1. The summed E-state index contributed by atoms with van der Waals surface area (Å²) in [6.45, 7) is 4.15. The molecule has 8 heteroatoms. The van der Waals surface area contributed by atoms with Gasteiger partial charge in [0.05, 0.1) is 5.60 Å². The number of nitrogens with one attached hydrogen (secondary N) is 2. The van der Waals surface area contributed by atoms with Crippen molar-refractivity contribution in [2.24, 2.45) is 4.99 Å². The van der Waals surface area contributed by atoms with Crippen LogP contribution in [0.15, 0.2) is 29.3 Å². The van der Waals surface area contributed by atoms with Gasteiger partial charge in [-0.25, -0.2) is 0 Å². The number of hydrogen-bond acceptors (Lipinski definition) is 3. The minimum absolute atomic E-state index is 0.161. The van der Waals surface area contributed by atoms with Gasteiger partial charge in [-0.05, 0) is 43.9 Å². The van der Waals surface area contributed by atoms with Crippen LogP contribution in [0.5, 0.6) is 5.75 Å². The molecule has 1 atom stereocenters. The van der Waals surface area contributed by atoms with E-state index in [9.17, 15) is 13.2 Å². The van der Waals surface area contributed by atoms with Crippen molar-refractivity contribution in [3.63, 3.8) is 0 Å². The Kier molecular flexibility index (Phi) is 6.52. The summed E-state index contributed by atoms with van der Waals surface area (Å²) < 4.78 is 45.9. The van der Waals surface area contributed by atoms with Gasteiger partial charge in [-0.15, -0.1) is 13.2 Å². The van der Waals surface area contributed by atoms with E-state index in [2.05, 4.69) is 27.3 Å². The molecule has 2 N–H and O–H groups in total. The molecule has 1 unspecified atom stereocenters. The quantitative estimate of drug-likeness (QED) is 0.606. The monoisotopic (exact) mass is 359 g/mol. The number of rotatable bonds is 6. The third-order valence-electron chi connectivity index (χ3n) is 4.02. The largest absolute Gasteiger partial charge is 0.573 e. The van der Waals surface area contributed by atoms with E-state index < -0.39 is 6.36 Å². The lowest BCUT2D eigenvalue weighted by Crippen LogP contribution is -2.45. The Morgan fingerprint density at radius 3 is 2.56 bits per heavy atom. The molecule has 0 radical (unpaired) electrons. The molecule has 1 aliphatic rings. The fourth-order valence-electron chi connectivity index (χ4n) is 2.65. The molecule has 2 rings (SSSR count). The summed E-state index contributed by atoms with van der Waals surface area (Å²) in [6.07, 6.45) is -1.93. The Hall–Kier alpha value is -1.96. The third-order valence-corrected chi connectivity index (χ3v) is 4.02. The number of ether oxygens (including phenoxy) is 2. The van der Waals surface area contributed by atoms with E-state index in [0.29, 0.717) is 25.5 Å². The molecule has 1 aromatic rings. The molecule has 0 bridgehead atoms. The number of benzene rings is 1. The van der Waals surface area contributed by atoms with Gasteiger partial charge < -0.3 is 20.1 Å². The van der Waals surface area contributed by atoms with Crippen LogP contribution < -0.4 is 15.4 Å². The lowest BCUT2D eigenvalue weighted by Gasteiger charge is -2.24. The van der Waals surface area contributed by atoms with Crippen LogP contribution >= 0.6 is 0 Å². The van der Waals surface area contributed by atoms with Gasteiger partial charge in [-0.1, -0.05) is 12.1 Å². The first-order chi connectivity index (χ1) is 11.8. The van der Waals surface area contributed by atoms with E-state index in [1.165, 1.54) is 12.1 Å². The highest BCUT2D eigenvalue weighted by Crippen LogP contribution is 2.24. The van der Waals surface area contributed by atoms with Crippen LogP contribution in [0.25, 0.3) is 0 Å². The summed E-state index contributed by atoms with van der Waals surface area (Å²) in [5.41, 5.74) is 0.745. The maximum Gasteiger partial charge on any atom is 0.573 e. The van der Waals surface area contributed by atoms with Crippen LogP contribution in [0.1, 0.15) is 25.3 Å². The van der Waals surface area contributed by atoms with Gasteiger partial charge in [0.2, 0.25) is 0 Å². The van der Waals surface area contributed by atoms with Crippen LogP contribution in [0.2, 0.25) is 0 Å². The molecule has 0 saturated carbocycles. The zero-order valence-electron chi connectivity index (χ0n) is 14.4. The zero-order chi connectivity index (χ0) is 18.3. The molecule has 0 amide bonds. The second kappa shape index (κ2) is 8.42. The third kappa shape index (κ3) is 6.81. The zero-order valence-corrected chi connectivity index (χ0v) is 14.4. The van der Waals surface area contributed by atoms with E-state index in [1.807, 2.05) is 0 Å². The summed E-state index contributed by atoms with van der Waals surface area (Å²) >= 11 is 0. The first-order valence-electron chi connectivity index (χ1n) is 8.23. The number of halogens is 3. The lowest BCUT2D eigenvalue weighted by atomic mass is 10.0. The fourth-order valence-corrected chi connectivity index (χ4v) is 2.65. The molecular formula is C17H24F3N3O2. The Labute approximate surface area is 145 Å². The van der Waals surface area contributed by atoms with Crippen LogP contribution in [0.3, 0.4) is 0 Å². The van der Waals surface area contributed by atoms with Gasteiger partial charge in [-0.3, -0.25) is 4.99 Å². The average molecular weight is 359 g/mol. The molecule has 1 heterocycles. The summed E-state index contributed by atoms with van der Waals surface area (Å²) in [4.78, 5) is 4.16. The van der Waals surface area contributed by atoms with Crippen LogP contribution in [-0.2, 0) is 11.2 Å². The number of nitrogens with zero attached hydrogens (tertiary/aromatic N) is 1. The fraction of sp³-hybridized carbons (Fsp3) is 0.588. The van der Waals surface area contributed by atoms with E-state index in [0.717, 1.165) is 25.0 Å². The first-order valence-corrected chi connectivity index (χ1v) is 8.23. The van der Waals surface area contributed by atoms with E-state index in [-0.39, 0.29) is 11.4 Å². The highest BCUT2D eigenvalue weighted by Gasteiger charge is 2.31. The van der Waals surface area contributed by atoms with Gasteiger partial charge in [0.25, 0.3) is 0 Å². The van der Waals surface area contributed by atoms with Gasteiger partial charge >= 0.3 is 6.36 Å². The normalized spacial score (nSPS) is 21.2. The van der Waals surface area contributed by atoms with Crippen molar-refractivity contribution in [3.05, 3.63) is 29.8 Å². The summed E-state index contributed by atoms with van der Waals surface area (Å²) in [7, 11) is 1.69. The summed E-state index contributed by atoms with van der Waals surface area (Å²) in [5.74, 6) is 0.459. The molecule has 1 saturated heterocycles. The first kappa shape index (κ1) is 19.4. The van der Waals surface area contributed by atoms with Crippen molar-refractivity contribution in [2.45, 2.75) is 38.1 Å². The number of guanidine groups is 1. The number of aliphatic imine (C=N–C) groups is 1. The van der Waals surface area contributed by atoms with Gasteiger partial charge in [0, 0.05) is 26.7 Å². The van der Waals surface area contributed by atoms with E-state index in [1.54, 1.807) is 19.2 Å². The van der Waals surface area contributed by atoms with Crippen molar-refractivity contribution in [2.75, 3.05) is 26.7 Å². The van der Waals surface area contributed by atoms with Crippen LogP contribution in [0, 0.1) is 0 Å². The summed E-state index contributed by atoms with van der Waals surface area (Å²) in [5, 5.41) is 6.43. The number of alkyl halides is 3. The molecular weight excluding hydrogens is 335 g/mol. The van der Waals surface area contributed by atoms with Crippen molar-refractivity contribution in [1.82, 2.24) is 10.6 Å². The second-order valence-electron chi connectivity index (χ2n) is 6.20. The predicted molar refractivity (Wildman–Crippen MR) is 89.8 cm³/mol. The molecule has 140 valence electrons. The Morgan fingerprint density at radius 2 is 2.00 bits per heavy atom. The second-order valence-corrected chi connectivity index (χ2v) is 6.20. The average Bonchev–Trinajstić information content (AvgIpc) is 2.98. The van der Waals surface area contributed by atoms with Crippen molar-refractivity contribution in [1.29, 1.82) is 0 Å². The van der Waals surface area contributed by atoms with Crippen molar-refractivity contribution >= 4 is 5.96 Å². The van der Waals surface area contributed by atoms with E-state index in [4.69, 9.17) is 4.74 Å². The lowest BCUT2D eigenvalue weighted by molar-refractivity contribution is -0.274. The van der Waals surface area contributed by atoms with E-state index >= 15 is 0 Å². The highest BCUT2D eigenvalue weighted by atomic mass is 19.4. The SMILES string of the molecule is CN=C(NCCc1ccc(OC(F)(F)F)cc1)NCC1(C)CCCO1. The predicted octanol–water partition coefficient (Wildman–Crippen LogP) is 2.86. The van der Waals surface area contributed by atoms with Crippen molar-refractivity contribution in [3.8, 4) is 5.75 Å². The number of hydrogen-bond donors (Lipinski definition) is 2. The van der Waals surface area contributed by atoms with Crippen LogP contribution in [0.4, 0.5) is 13.2 Å². The topological polar surface area (TPSA) is 54.9 Å². The van der Waals surface area contributed by atoms with Gasteiger partial charge in [-0.2, -0.15) is 0 Å². The van der Waals surface area contributed by atoms with Crippen LogP contribution in [-0.4, -0.2) is 44.7 Å². The molecule has 1 fully saturated rings. The minimum Gasteiger partial charge on any atom is -0.406 e. The van der Waals surface area contributed by atoms with Crippen molar-refractivity contribution < 1.29 is 22.6 Å². The molecule has 0 aromatic heterocycles. The Balaban J connectivity index is 1.73. The molecule has 1 aromatic carbocycles. The Morgan fingerprint density at radius 1 is 1.28 bits per heavy atom. The minimum atomic E-state index is -4.67. The maximum atomic E-state index is 12.1. The molecule has 0 aliphatic carbocycles.